The van der Waals surface area contributed by atoms with E-state index >= 15 is 0 Å². The van der Waals surface area contributed by atoms with Crippen LogP contribution in [0.4, 0.5) is 24.7 Å². The van der Waals surface area contributed by atoms with Crippen molar-refractivity contribution in [2.45, 2.75) is 37.8 Å². The van der Waals surface area contributed by atoms with Crippen molar-refractivity contribution in [1.82, 2.24) is 30.0 Å². The standard InChI is InChI=1S/C22H23F3N8O3S/c1-11(13-7-12(26)8-14(17(13)23)18(24)25)29-19-15-9-16(22(36-2)3-5-37(34,35)6-4-22)21-30-31-32-33(21)20(15)28-10-27-19/h7-11,18H,3-6,26H2,1-2H3,(H,27,28,29)/t11-/m1/s1. The Balaban J connectivity index is 1.63. The number of ether oxygens (including phenoxy) is 1. The summed E-state index contributed by atoms with van der Waals surface area (Å²) >= 11 is 0. The van der Waals surface area contributed by atoms with Gasteiger partial charge in [0.25, 0.3) is 6.43 Å². The number of fused-ring (bicyclic) bond motifs is 3. The molecule has 0 bridgehead atoms. The number of hydrogen-bond acceptors (Lipinski definition) is 10. The molecule has 37 heavy (non-hydrogen) atoms. The van der Waals surface area contributed by atoms with Crippen molar-refractivity contribution < 1.29 is 26.3 Å². The predicted octanol–water partition coefficient (Wildman–Crippen LogP) is 2.95. The number of hydrogen-bond donors (Lipinski definition) is 2. The highest BCUT2D eigenvalue weighted by molar-refractivity contribution is 7.91. The van der Waals surface area contributed by atoms with Gasteiger partial charge >= 0.3 is 0 Å². The number of tetrazole rings is 1. The van der Waals surface area contributed by atoms with Crippen LogP contribution in [0.15, 0.2) is 24.5 Å². The first-order valence-electron chi connectivity index (χ1n) is 11.3. The second-order valence-electron chi connectivity index (χ2n) is 8.96. The molecule has 1 aliphatic heterocycles. The average Bonchev–Trinajstić information content (AvgIpc) is 3.36. The Hall–Kier alpha value is -3.59. The Morgan fingerprint density at radius 2 is 1.84 bits per heavy atom. The molecule has 196 valence electrons. The van der Waals surface area contributed by atoms with Crippen LogP contribution in [0, 0.1) is 5.82 Å². The molecule has 0 radical (unpaired) electrons. The number of nitrogens with two attached hydrogens (primary N) is 1. The third kappa shape index (κ3) is 4.31. The maximum Gasteiger partial charge on any atom is 0.266 e. The molecule has 1 atom stereocenters. The van der Waals surface area contributed by atoms with Crippen molar-refractivity contribution in [2.75, 3.05) is 29.7 Å². The van der Waals surface area contributed by atoms with Gasteiger partial charge in [-0.1, -0.05) is 0 Å². The lowest BCUT2D eigenvalue weighted by molar-refractivity contribution is -0.0223. The second kappa shape index (κ2) is 9.06. The Labute approximate surface area is 209 Å². The minimum Gasteiger partial charge on any atom is -0.399 e. The molecule has 5 rings (SSSR count). The van der Waals surface area contributed by atoms with Gasteiger partial charge in [-0.05, 0) is 48.4 Å². The van der Waals surface area contributed by atoms with Gasteiger partial charge in [0.05, 0.1) is 34.1 Å². The lowest BCUT2D eigenvalue weighted by Crippen LogP contribution is -2.39. The normalized spacial score (nSPS) is 17.9. The molecule has 1 fully saturated rings. The van der Waals surface area contributed by atoms with Gasteiger partial charge in [-0.3, -0.25) is 0 Å². The summed E-state index contributed by atoms with van der Waals surface area (Å²) in [4.78, 5) is 8.58. The zero-order chi connectivity index (χ0) is 26.5. The fourth-order valence-corrected chi connectivity index (χ4v) is 6.23. The number of rotatable bonds is 6. The van der Waals surface area contributed by atoms with E-state index in [0.29, 0.717) is 22.2 Å². The van der Waals surface area contributed by atoms with E-state index in [2.05, 4.69) is 30.8 Å². The van der Waals surface area contributed by atoms with Crippen molar-refractivity contribution in [1.29, 1.82) is 0 Å². The first kappa shape index (κ1) is 25.1. The summed E-state index contributed by atoms with van der Waals surface area (Å²) in [5, 5.41) is 15.4. The van der Waals surface area contributed by atoms with Gasteiger partial charge in [0.15, 0.2) is 21.1 Å². The van der Waals surface area contributed by atoms with Gasteiger partial charge in [-0.2, -0.15) is 4.52 Å². The highest BCUT2D eigenvalue weighted by Crippen LogP contribution is 2.41. The van der Waals surface area contributed by atoms with Crippen LogP contribution in [-0.2, 0) is 20.2 Å². The molecule has 3 aromatic heterocycles. The van der Waals surface area contributed by atoms with Crippen molar-refractivity contribution in [3.63, 3.8) is 0 Å². The molecule has 4 aromatic rings. The van der Waals surface area contributed by atoms with Crippen LogP contribution in [0.2, 0.25) is 0 Å². The van der Waals surface area contributed by atoms with Crippen LogP contribution in [-0.4, -0.2) is 57.0 Å². The van der Waals surface area contributed by atoms with Crippen LogP contribution in [0.1, 0.15) is 48.9 Å². The quantitative estimate of drug-likeness (QED) is 0.352. The molecule has 1 aliphatic rings. The summed E-state index contributed by atoms with van der Waals surface area (Å²) in [5.74, 6) is -0.943. The van der Waals surface area contributed by atoms with Gasteiger partial charge in [0, 0.05) is 23.9 Å². The summed E-state index contributed by atoms with van der Waals surface area (Å²) in [7, 11) is -1.71. The van der Waals surface area contributed by atoms with Crippen molar-refractivity contribution in [2.24, 2.45) is 0 Å². The number of nitrogen functional groups attached to an aromatic ring is 1. The van der Waals surface area contributed by atoms with Crippen LogP contribution in [0.25, 0.3) is 16.7 Å². The molecule has 1 saturated heterocycles. The molecule has 3 N–H and O–H groups in total. The third-order valence-corrected chi connectivity index (χ3v) is 8.44. The molecule has 0 aliphatic carbocycles. The molecule has 11 nitrogen and oxygen atoms in total. The minimum absolute atomic E-state index is 0.000123. The first-order valence-corrected chi connectivity index (χ1v) is 13.1. The van der Waals surface area contributed by atoms with Crippen LogP contribution < -0.4 is 11.1 Å². The average molecular weight is 537 g/mol. The maximum atomic E-state index is 14.9. The van der Waals surface area contributed by atoms with Crippen molar-refractivity contribution in [3.8, 4) is 0 Å². The third-order valence-electron chi connectivity index (χ3n) is 6.78. The number of alkyl halides is 2. The summed E-state index contributed by atoms with van der Waals surface area (Å²) in [6.07, 6.45) is -1.39. The molecular formula is C22H23F3N8O3S. The lowest BCUT2D eigenvalue weighted by atomic mass is 9.87. The van der Waals surface area contributed by atoms with E-state index in [0.717, 1.165) is 6.07 Å². The molecule has 0 unspecified atom stereocenters. The summed E-state index contributed by atoms with van der Waals surface area (Å²) in [6.45, 7) is 1.58. The van der Waals surface area contributed by atoms with Crippen LogP contribution in [0.5, 0.6) is 0 Å². The maximum absolute atomic E-state index is 14.9. The van der Waals surface area contributed by atoms with E-state index in [1.54, 1.807) is 13.0 Å². The molecule has 15 heteroatoms. The van der Waals surface area contributed by atoms with E-state index in [1.807, 2.05) is 0 Å². The Morgan fingerprint density at radius 1 is 1.14 bits per heavy atom. The molecular weight excluding hydrogens is 513 g/mol. The lowest BCUT2D eigenvalue weighted by Gasteiger charge is -2.36. The Morgan fingerprint density at radius 3 is 2.51 bits per heavy atom. The number of sulfone groups is 1. The van der Waals surface area contributed by atoms with Crippen molar-refractivity contribution >= 4 is 38.0 Å². The SMILES string of the molecule is COC1(c2cc3c(N[C@H](C)c4cc(N)cc(C(F)F)c4F)ncnc3n3nnnc23)CCS(=O)(=O)CC1. The monoisotopic (exact) mass is 536 g/mol. The number of nitrogens with zero attached hydrogens (tertiary/aromatic N) is 6. The number of benzene rings is 1. The molecule has 1 aromatic carbocycles. The topological polar surface area (TPSA) is 150 Å². The smallest absolute Gasteiger partial charge is 0.266 e. The second-order valence-corrected chi connectivity index (χ2v) is 11.3. The van der Waals surface area contributed by atoms with Crippen LogP contribution >= 0.6 is 0 Å². The summed E-state index contributed by atoms with van der Waals surface area (Å²) < 4.78 is 73.1. The number of halogens is 3. The number of aromatic nitrogens is 6. The number of pyridine rings is 1. The Kier molecular flexibility index (Phi) is 6.14. The molecule has 0 spiro atoms. The largest absolute Gasteiger partial charge is 0.399 e. The van der Waals surface area contributed by atoms with Gasteiger partial charge in [0.2, 0.25) is 0 Å². The van der Waals surface area contributed by atoms with Gasteiger partial charge in [-0.25, -0.2) is 31.6 Å². The van der Waals surface area contributed by atoms with Gasteiger partial charge in [0.1, 0.15) is 18.0 Å². The Bertz CT molecular complexity index is 1600. The highest BCUT2D eigenvalue weighted by atomic mass is 32.2. The van der Waals surface area contributed by atoms with E-state index < -0.39 is 39.3 Å². The van der Waals surface area contributed by atoms with Crippen molar-refractivity contribution in [3.05, 3.63) is 47.0 Å². The van der Waals surface area contributed by atoms with E-state index in [-0.39, 0.29) is 41.4 Å². The minimum atomic E-state index is -3.20. The first-order chi connectivity index (χ1) is 17.5. The summed E-state index contributed by atoms with van der Waals surface area (Å²) in [5.41, 5.74) is 5.13. The fourth-order valence-electron chi connectivity index (χ4n) is 4.75. The van der Waals surface area contributed by atoms with Gasteiger partial charge in [-0.15, -0.1) is 5.10 Å². The number of anilines is 2. The fraction of sp³-hybridized carbons (Fsp3) is 0.409. The van der Waals surface area contributed by atoms with E-state index in [4.69, 9.17) is 10.5 Å². The molecule has 0 amide bonds. The van der Waals surface area contributed by atoms with E-state index in [1.165, 1.54) is 24.0 Å². The predicted molar refractivity (Wildman–Crippen MR) is 128 cm³/mol. The summed E-state index contributed by atoms with van der Waals surface area (Å²) in [6, 6.07) is 3.10. The zero-order valence-corrected chi connectivity index (χ0v) is 20.6. The van der Waals surface area contributed by atoms with Crippen LogP contribution in [0.3, 0.4) is 0 Å². The molecule has 0 saturated carbocycles. The molecule has 4 heterocycles. The number of methoxy groups -OCH3 is 1. The zero-order valence-electron chi connectivity index (χ0n) is 19.8. The van der Waals surface area contributed by atoms with E-state index in [9.17, 15) is 21.6 Å². The highest BCUT2D eigenvalue weighted by Gasteiger charge is 2.41. The number of nitrogens with one attached hydrogen (secondary N) is 1. The van der Waals surface area contributed by atoms with Gasteiger partial charge < -0.3 is 15.8 Å².